The molecular weight excluding hydrogens is 226 g/mol. The van der Waals surface area contributed by atoms with E-state index in [1.54, 1.807) is 0 Å². The molecule has 2 aliphatic rings. The van der Waals surface area contributed by atoms with Gasteiger partial charge in [0.1, 0.15) is 6.04 Å². The number of rotatable bonds is 3. The molecule has 0 aromatic carbocycles. The van der Waals surface area contributed by atoms with Crippen molar-refractivity contribution < 1.29 is 19.4 Å². The third-order valence-corrected chi connectivity index (χ3v) is 3.04. The molecule has 0 saturated carbocycles. The zero-order valence-corrected chi connectivity index (χ0v) is 9.52. The van der Waals surface area contributed by atoms with Crippen LogP contribution in [0, 0.1) is 0 Å². The third kappa shape index (κ3) is 3.15. The van der Waals surface area contributed by atoms with Crippen LogP contribution in [0.15, 0.2) is 0 Å². The van der Waals surface area contributed by atoms with Crippen molar-refractivity contribution in [2.75, 3.05) is 26.3 Å². The average Bonchev–Trinajstić information content (AvgIpc) is 2.79. The van der Waals surface area contributed by atoms with Gasteiger partial charge >= 0.3 is 5.97 Å². The van der Waals surface area contributed by atoms with Crippen molar-refractivity contribution in [2.24, 2.45) is 0 Å². The second-order valence-electron chi connectivity index (χ2n) is 4.26. The predicted molar refractivity (Wildman–Crippen MR) is 58.1 cm³/mol. The zero-order chi connectivity index (χ0) is 12.3. The Bertz CT molecular complexity index is 304. The Hall–Kier alpha value is -1.18. The van der Waals surface area contributed by atoms with E-state index in [1.165, 1.54) is 0 Å². The van der Waals surface area contributed by atoms with Crippen LogP contribution >= 0.6 is 0 Å². The summed E-state index contributed by atoms with van der Waals surface area (Å²) in [5.41, 5.74) is 2.78. The van der Waals surface area contributed by atoms with E-state index in [-0.39, 0.29) is 5.91 Å². The van der Waals surface area contributed by atoms with E-state index in [4.69, 9.17) is 9.84 Å². The first-order valence-electron chi connectivity index (χ1n) is 5.79. The van der Waals surface area contributed by atoms with Gasteiger partial charge < -0.3 is 9.84 Å². The van der Waals surface area contributed by atoms with E-state index in [9.17, 15) is 9.59 Å². The first-order chi connectivity index (χ1) is 8.16. The molecule has 2 unspecified atom stereocenters. The number of amides is 1. The van der Waals surface area contributed by atoms with Crippen LogP contribution in [0.3, 0.4) is 0 Å². The van der Waals surface area contributed by atoms with Crippen LogP contribution in [-0.4, -0.2) is 60.4 Å². The van der Waals surface area contributed by atoms with Crippen LogP contribution < -0.4 is 10.7 Å². The minimum atomic E-state index is -0.897. The maximum atomic E-state index is 11.8. The third-order valence-electron chi connectivity index (χ3n) is 3.04. The number of hydrazine groups is 1. The molecular formula is C10H17N3O4. The van der Waals surface area contributed by atoms with Crippen LogP contribution in [0.5, 0.6) is 0 Å². The number of carbonyl (C=O) groups is 2. The van der Waals surface area contributed by atoms with E-state index in [2.05, 4.69) is 10.7 Å². The first kappa shape index (κ1) is 12.3. The van der Waals surface area contributed by atoms with E-state index >= 15 is 0 Å². The van der Waals surface area contributed by atoms with E-state index in [1.807, 2.05) is 5.01 Å². The zero-order valence-electron chi connectivity index (χ0n) is 9.52. The first-order valence-corrected chi connectivity index (χ1v) is 5.79. The second kappa shape index (κ2) is 5.44. The summed E-state index contributed by atoms with van der Waals surface area (Å²) in [5.74, 6) is -1.05. The van der Waals surface area contributed by atoms with E-state index < -0.39 is 18.1 Å². The minimum Gasteiger partial charge on any atom is -0.480 e. The molecule has 2 heterocycles. The molecule has 2 rings (SSSR count). The average molecular weight is 243 g/mol. The van der Waals surface area contributed by atoms with Crippen LogP contribution in [0.2, 0.25) is 0 Å². The highest BCUT2D eigenvalue weighted by atomic mass is 16.5. The molecule has 2 aliphatic heterocycles. The largest absolute Gasteiger partial charge is 0.480 e. The van der Waals surface area contributed by atoms with Gasteiger partial charge in [0, 0.05) is 13.1 Å². The fraction of sp³-hybridized carbons (Fsp3) is 0.800. The lowest BCUT2D eigenvalue weighted by molar-refractivity contribution is -0.139. The van der Waals surface area contributed by atoms with Gasteiger partial charge in [0.25, 0.3) is 5.91 Å². The standard InChI is InChI=1S/C10H17N3O4/c14-9(12-13-3-5-17-6-4-13)7-1-2-8(11-7)10(15)16/h7-8,11H,1-6H2,(H,12,14)(H,15,16). The van der Waals surface area contributed by atoms with Gasteiger partial charge in [-0.25, -0.2) is 5.01 Å². The number of hydrogen-bond acceptors (Lipinski definition) is 5. The SMILES string of the molecule is O=C(O)C1CCC(C(=O)NN2CCOCC2)N1. The van der Waals surface area contributed by atoms with Crippen LogP contribution in [0.1, 0.15) is 12.8 Å². The fourth-order valence-electron chi connectivity index (χ4n) is 2.05. The molecule has 7 heteroatoms. The summed E-state index contributed by atoms with van der Waals surface area (Å²) in [6.45, 7) is 2.55. The molecule has 0 radical (unpaired) electrons. The quantitative estimate of drug-likeness (QED) is 0.562. The summed E-state index contributed by atoms with van der Waals surface area (Å²) in [4.78, 5) is 22.6. The Morgan fingerprint density at radius 1 is 1.24 bits per heavy atom. The van der Waals surface area contributed by atoms with Gasteiger partial charge in [0.2, 0.25) is 0 Å². The lowest BCUT2D eigenvalue weighted by Crippen LogP contribution is -2.54. The number of nitrogens with one attached hydrogen (secondary N) is 2. The van der Waals surface area contributed by atoms with Gasteiger partial charge in [0.05, 0.1) is 19.3 Å². The molecule has 0 aromatic heterocycles. The van der Waals surface area contributed by atoms with Crippen molar-refractivity contribution in [3.8, 4) is 0 Å². The lowest BCUT2D eigenvalue weighted by Gasteiger charge is -2.28. The summed E-state index contributed by atoms with van der Waals surface area (Å²) in [5, 5.41) is 13.4. The molecule has 2 fully saturated rings. The Morgan fingerprint density at radius 2 is 1.88 bits per heavy atom. The lowest BCUT2D eigenvalue weighted by atomic mass is 10.2. The summed E-state index contributed by atoms with van der Waals surface area (Å²) >= 11 is 0. The van der Waals surface area contributed by atoms with Crippen molar-refractivity contribution in [2.45, 2.75) is 24.9 Å². The molecule has 0 aromatic rings. The fourth-order valence-corrected chi connectivity index (χ4v) is 2.05. The molecule has 3 N–H and O–H groups in total. The summed E-state index contributed by atoms with van der Waals surface area (Å²) in [6, 6.07) is -1.01. The summed E-state index contributed by atoms with van der Waals surface area (Å²) in [6.07, 6.45) is 1.06. The molecule has 17 heavy (non-hydrogen) atoms. The number of carboxylic acids is 1. The topological polar surface area (TPSA) is 90.9 Å². The Kier molecular flexibility index (Phi) is 3.93. The molecule has 0 spiro atoms. The second-order valence-corrected chi connectivity index (χ2v) is 4.26. The Labute approximate surface area is 99.1 Å². The van der Waals surface area contributed by atoms with Crippen molar-refractivity contribution >= 4 is 11.9 Å². The molecule has 2 saturated heterocycles. The summed E-state index contributed by atoms with van der Waals surface area (Å²) < 4.78 is 5.17. The number of carbonyl (C=O) groups excluding carboxylic acids is 1. The van der Waals surface area contributed by atoms with Crippen molar-refractivity contribution in [1.82, 2.24) is 15.8 Å². The van der Waals surface area contributed by atoms with Crippen molar-refractivity contribution in [1.29, 1.82) is 0 Å². The highest BCUT2D eigenvalue weighted by molar-refractivity contribution is 5.83. The molecule has 0 aliphatic carbocycles. The molecule has 1 amide bonds. The molecule has 2 atom stereocenters. The number of nitrogens with zero attached hydrogens (tertiary/aromatic N) is 1. The van der Waals surface area contributed by atoms with Crippen LogP contribution in [0.25, 0.3) is 0 Å². The van der Waals surface area contributed by atoms with E-state index in [0.717, 1.165) is 0 Å². The molecule has 96 valence electrons. The van der Waals surface area contributed by atoms with Crippen molar-refractivity contribution in [3.63, 3.8) is 0 Å². The van der Waals surface area contributed by atoms with Crippen molar-refractivity contribution in [3.05, 3.63) is 0 Å². The normalized spacial score (nSPS) is 30.1. The monoisotopic (exact) mass is 243 g/mol. The number of morpholine rings is 1. The van der Waals surface area contributed by atoms with Gasteiger partial charge in [-0.05, 0) is 12.8 Å². The van der Waals surface area contributed by atoms with Gasteiger partial charge in [-0.1, -0.05) is 0 Å². The Balaban J connectivity index is 1.78. The highest BCUT2D eigenvalue weighted by Crippen LogP contribution is 2.12. The number of hydrogen-bond donors (Lipinski definition) is 3. The van der Waals surface area contributed by atoms with Crippen LogP contribution in [-0.2, 0) is 14.3 Å². The van der Waals surface area contributed by atoms with E-state index in [0.29, 0.717) is 39.1 Å². The maximum absolute atomic E-state index is 11.8. The maximum Gasteiger partial charge on any atom is 0.320 e. The predicted octanol–water partition coefficient (Wildman–Crippen LogP) is -1.44. The highest BCUT2D eigenvalue weighted by Gasteiger charge is 2.33. The minimum absolute atomic E-state index is 0.157. The van der Waals surface area contributed by atoms with Gasteiger partial charge in [-0.15, -0.1) is 0 Å². The summed E-state index contributed by atoms with van der Waals surface area (Å²) in [7, 11) is 0. The Morgan fingerprint density at radius 3 is 2.47 bits per heavy atom. The van der Waals surface area contributed by atoms with Gasteiger partial charge in [-0.2, -0.15) is 0 Å². The van der Waals surface area contributed by atoms with Crippen LogP contribution in [0.4, 0.5) is 0 Å². The molecule has 7 nitrogen and oxygen atoms in total. The number of carboxylic acid groups (broad SMARTS) is 1. The molecule has 0 bridgehead atoms. The smallest absolute Gasteiger partial charge is 0.320 e. The van der Waals surface area contributed by atoms with Gasteiger partial charge in [0.15, 0.2) is 0 Å². The van der Waals surface area contributed by atoms with Gasteiger partial charge in [-0.3, -0.25) is 20.3 Å². The number of aliphatic carboxylic acids is 1. The number of ether oxygens (including phenoxy) is 1.